The molecule has 8 rings (SSSR count). The first-order valence-electron chi connectivity index (χ1n) is 15.9. The van der Waals surface area contributed by atoms with E-state index in [1.807, 2.05) is 0 Å². The third-order valence-corrected chi connectivity index (χ3v) is 10.6. The Hall–Kier alpha value is -4.14. The van der Waals surface area contributed by atoms with E-state index in [0.717, 1.165) is 32.2 Å². The molecule has 2 aromatic heterocycles. The maximum atomic E-state index is 16.8. The predicted molar refractivity (Wildman–Crippen MR) is 167 cm³/mol. The molecule has 2 N–H and O–H groups in total. The molecule has 1 aliphatic carbocycles. The summed E-state index contributed by atoms with van der Waals surface area (Å²) in [6, 6.07) is 5.41. The highest BCUT2D eigenvalue weighted by Gasteiger charge is 2.50. The van der Waals surface area contributed by atoms with Gasteiger partial charge in [-0.2, -0.15) is 9.97 Å². The first kappa shape index (κ1) is 29.3. The Morgan fingerprint density at radius 2 is 1.91 bits per heavy atom. The van der Waals surface area contributed by atoms with Crippen molar-refractivity contribution < 1.29 is 28.1 Å². The Bertz CT molecular complexity index is 1920. The number of halogens is 3. The van der Waals surface area contributed by atoms with Crippen molar-refractivity contribution in [2.24, 2.45) is 5.41 Å². The molecule has 0 bridgehead atoms. The minimum atomic E-state index is -0.930. The summed E-state index contributed by atoms with van der Waals surface area (Å²) < 4.78 is 52.4. The molecule has 3 aliphatic heterocycles. The molecular weight excluding hydrogens is 595 g/mol. The zero-order valence-electron chi connectivity index (χ0n) is 25.3. The van der Waals surface area contributed by atoms with Gasteiger partial charge in [0.15, 0.2) is 5.82 Å². The highest BCUT2D eigenvalue weighted by molar-refractivity contribution is 6.03. The van der Waals surface area contributed by atoms with E-state index in [1.165, 1.54) is 30.5 Å². The standard InChI is InChI=1S/C35H34F3N5O3/c1-2-24-27(37)6-5-20-11-22(44)12-25(28(20)24)30-29(38)31-26(16-39-30)32(42-9-3-7-34(18-42)14-23(45)15-34)41-33(40-31)46-19-35-8-4-10-43(35)17-21(36)13-35/h1,5-6,11-12,16,21,23,44-45H,3-4,7-10,13-15,17-19H2/t21-,23?,34?,35+/m1/s1. The van der Waals surface area contributed by atoms with Crippen LogP contribution >= 0.6 is 0 Å². The monoisotopic (exact) mass is 629 g/mol. The minimum absolute atomic E-state index is 0.0218. The molecule has 4 aliphatic rings. The van der Waals surface area contributed by atoms with Gasteiger partial charge in [-0.3, -0.25) is 9.88 Å². The van der Waals surface area contributed by atoms with Crippen molar-refractivity contribution in [3.63, 3.8) is 0 Å². The number of benzene rings is 2. The molecule has 4 aromatic rings. The molecule has 238 valence electrons. The molecule has 0 radical (unpaired) electrons. The van der Waals surface area contributed by atoms with E-state index in [4.69, 9.17) is 16.1 Å². The lowest BCUT2D eigenvalue weighted by molar-refractivity contribution is -0.0396. The fourth-order valence-electron chi connectivity index (χ4n) is 8.58. The second-order valence-electron chi connectivity index (χ2n) is 13.6. The van der Waals surface area contributed by atoms with Crippen molar-refractivity contribution in [1.82, 2.24) is 19.9 Å². The van der Waals surface area contributed by atoms with E-state index in [2.05, 4.69) is 25.7 Å². The van der Waals surface area contributed by atoms with Gasteiger partial charge in [-0.15, -0.1) is 6.42 Å². The second-order valence-corrected chi connectivity index (χ2v) is 13.6. The van der Waals surface area contributed by atoms with Gasteiger partial charge in [0.1, 0.15) is 41.4 Å². The number of phenolic OH excluding ortho intramolecular Hbond substituents is 1. The van der Waals surface area contributed by atoms with Gasteiger partial charge in [-0.1, -0.05) is 12.0 Å². The molecule has 46 heavy (non-hydrogen) atoms. The molecule has 4 fully saturated rings. The van der Waals surface area contributed by atoms with Gasteiger partial charge in [0, 0.05) is 43.2 Å². The number of pyridine rings is 1. The number of terminal acetylenes is 1. The summed E-state index contributed by atoms with van der Waals surface area (Å²) in [6.45, 7) is 2.67. The molecule has 0 unspecified atom stereocenters. The molecule has 3 saturated heterocycles. The number of aromatic nitrogens is 3. The average molecular weight is 630 g/mol. The number of alkyl halides is 1. The summed E-state index contributed by atoms with van der Waals surface area (Å²) in [7, 11) is 0. The maximum absolute atomic E-state index is 16.8. The summed E-state index contributed by atoms with van der Waals surface area (Å²) in [6.07, 6.45) is 11.3. The fourth-order valence-corrected chi connectivity index (χ4v) is 8.58. The van der Waals surface area contributed by atoms with Crippen LogP contribution in [-0.2, 0) is 0 Å². The summed E-state index contributed by atoms with van der Waals surface area (Å²) in [5, 5.41) is 21.7. The molecule has 8 nitrogen and oxygen atoms in total. The fraction of sp³-hybridized carbons (Fsp3) is 0.457. The van der Waals surface area contributed by atoms with Crippen molar-refractivity contribution in [3.8, 4) is 35.4 Å². The minimum Gasteiger partial charge on any atom is -0.508 e. The molecule has 5 heterocycles. The van der Waals surface area contributed by atoms with Crippen LogP contribution in [0.25, 0.3) is 32.9 Å². The van der Waals surface area contributed by atoms with Crippen molar-refractivity contribution in [3.05, 3.63) is 47.7 Å². The van der Waals surface area contributed by atoms with Crippen LogP contribution in [0, 0.1) is 29.4 Å². The molecule has 1 spiro atoms. The summed E-state index contributed by atoms with van der Waals surface area (Å²) >= 11 is 0. The maximum Gasteiger partial charge on any atom is 0.319 e. The van der Waals surface area contributed by atoms with E-state index in [9.17, 15) is 19.0 Å². The Labute approximate surface area is 264 Å². The number of fused-ring (bicyclic) bond motifs is 3. The van der Waals surface area contributed by atoms with Gasteiger partial charge in [-0.25, -0.2) is 13.2 Å². The van der Waals surface area contributed by atoms with Crippen LogP contribution in [0.3, 0.4) is 0 Å². The van der Waals surface area contributed by atoms with Crippen LogP contribution in [0.1, 0.15) is 50.5 Å². The third-order valence-electron chi connectivity index (χ3n) is 10.6. The number of phenols is 1. The molecular formula is C35H34F3N5O3. The largest absolute Gasteiger partial charge is 0.508 e. The van der Waals surface area contributed by atoms with Crippen LogP contribution in [-0.4, -0.2) is 80.7 Å². The second kappa shape index (κ2) is 10.7. The first-order valence-corrected chi connectivity index (χ1v) is 15.9. The molecule has 2 aromatic carbocycles. The Balaban J connectivity index is 1.27. The number of anilines is 1. The topological polar surface area (TPSA) is 94.8 Å². The van der Waals surface area contributed by atoms with Crippen LogP contribution in [0.4, 0.5) is 19.0 Å². The van der Waals surface area contributed by atoms with Crippen molar-refractivity contribution >= 4 is 27.5 Å². The number of aliphatic hydroxyl groups excluding tert-OH is 1. The average Bonchev–Trinajstić information content (AvgIpc) is 3.55. The molecule has 11 heteroatoms. The van der Waals surface area contributed by atoms with Gasteiger partial charge in [0.25, 0.3) is 0 Å². The number of ether oxygens (including phenoxy) is 1. The van der Waals surface area contributed by atoms with Gasteiger partial charge in [0.05, 0.1) is 22.6 Å². The number of aliphatic hydroxyl groups is 1. The van der Waals surface area contributed by atoms with Crippen LogP contribution in [0.2, 0.25) is 0 Å². The highest BCUT2D eigenvalue weighted by atomic mass is 19.1. The molecule has 1 saturated carbocycles. The number of piperidine rings is 1. The Kier molecular flexibility index (Phi) is 6.82. The first-order chi connectivity index (χ1) is 22.2. The number of rotatable bonds is 5. The van der Waals surface area contributed by atoms with Gasteiger partial charge in [0.2, 0.25) is 0 Å². The quantitative estimate of drug-likeness (QED) is 0.280. The summed E-state index contributed by atoms with van der Waals surface area (Å²) in [4.78, 5) is 18.1. The molecule has 2 atom stereocenters. The van der Waals surface area contributed by atoms with Crippen molar-refractivity contribution in [2.75, 3.05) is 37.7 Å². The van der Waals surface area contributed by atoms with Crippen LogP contribution in [0.15, 0.2) is 30.5 Å². The number of hydrogen-bond donors (Lipinski definition) is 2. The lowest BCUT2D eigenvalue weighted by Crippen LogP contribution is -2.52. The summed E-state index contributed by atoms with van der Waals surface area (Å²) in [5.74, 6) is 1.25. The summed E-state index contributed by atoms with van der Waals surface area (Å²) in [5.41, 5.74) is -0.617. The number of nitrogens with zero attached hydrogens (tertiary/aromatic N) is 5. The number of aromatic hydroxyl groups is 1. The van der Waals surface area contributed by atoms with Crippen molar-refractivity contribution in [2.45, 2.75) is 62.8 Å². The van der Waals surface area contributed by atoms with E-state index in [1.54, 1.807) is 0 Å². The van der Waals surface area contributed by atoms with E-state index < -0.39 is 23.3 Å². The zero-order chi connectivity index (χ0) is 31.8. The lowest BCUT2D eigenvalue weighted by atomic mass is 9.62. The Morgan fingerprint density at radius 3 is 2.72 bits per heavy atom. The van der Waals surface area contributed by atoms with Gasteiger partial charge >= 0.3 is 6.01 Å². The smallest absolute Gasteiger partial charge is 0.319 e. The zero-order valence-corrected chi connectivity index (χ0v) is 25.3. The van der Waals surface area contributed by atoms with E-state index in [0.29, 0.717) is 55.5 Å². The van der Waals surface area contributed by atoms with Gasteiger partial charge < -0.3 is 19.8 Å². The van der Waals surface area contributed by atoms with Crippen molar-refractivity contribution in [1.29, 1.82) is 0 Å². The highest BCUT2D eigenvalue weighted by Crippen LogP contribution is 2.49. The SMILES string of the molecule is C#Cc1c(F)ccc2cc(O)cc(-c3ncc4c(N5CCCC6(CC(O)C6)C5)nc(OC[C@@]56CCCN5C[C@H](F)C6)nc4c3F)c12. The van der Waals surface area contributed by atoms with Crippen LogP contribution in [0.5, 0.6) is 11.8 Å². The Morgan fingerprint density at radius 1 is 1.09 bits per heavy atom. The third kappa shape index (κ3) is 4.64. The van der Waals surface area contributed by atoms with Crippen LogP contribution < -0.4 is 9.64 Å². The predicted octanol–water partition coefficient (Wildman–Crippen LogP) is 5.51. The molecule has 0 amide bonds. The van der Waals surface area contributed by atoms with E-state index >= 15 is 4.39 Å². The number of hydrogen-bond acceptors (Lipinski definition) is 8. The van der Waals surface area contributed by atoms with E-state index in [-0.39, 0.29) is 57.6 Å². The lowest BCUT2D eigenvalue weighted by Gasteiger charge is -2.51. The van der Waals surface area contributed by atoms with Gasteiger partial charge in [-0.05, 0) is 74.1 Å². The normalized spacial score (nSPS) is 27.7.